The lowest BCUT2D eigenvalue weighted by Crippen LogP contribution is -2.24. The molecule has 0 aliphatic rings. The van der Waals surface area contributed by atoms with Crippen molar-refractivity contribution in [3.63, 3.8) is 0 Å². The number of hydrogen-bond donors (Lipinski definition) is 2. The first-order chi connectivity index (χ1) is 7.77. The summed E-state index contributed by atoms with van der Waals surface area (Å²) in [7, 11) is 0. The lowest BCUT2D eigenvalue weighted by molar-refractivity contribution is 1.04. The summed E-state index contributed by atoms with van der Waals surface area (Å²) in [5.74, 6) is 0. The summed E-state index contributed by atoms with van der Waals surface area (Å²) >= 11 is 4.65. The molecule has 1 heterocycles. The third-order valence-corrected chi connectivity index (χ3v) is 2.15. The molecule has 5 heteroatoms. The van der Waals surface area contributed by atoms with Gasteiger partial charge in [-0.3, -0.25) is 10.4 Å². The van der Waals surface area contributed by atoms with Crippen molar-refractivity contribution in [3.05, 3.63) is 42.1 Å². The lowest BCUT2D eigenvalue weighted by Gasteiger charge is -2.00. The van der Waals surface area contributed by atoms with Gasteiger partial charge >= 0.3 is 0 Å². The highest BCUT2D eigenvalue weighted by Gasteiger charge is 1.97. The number of aromatic nitrogens is 1. The molecule has 4 nitrogen and oxygen atoms in total. The van der Waals surface area contributed by atoms with Gasteiger partial charge in [0.25, 0.3) is 0 Å². The molecule has 0 spiro atoms. The molecule has 80 valence electrons. The molecule has 2 aromatic rings. The molecule has 0 radical (unpaired) electrons. The molecule has 0 unspecified atom stereocenters. The summed E-state index contributed by atoms with van der Waals surface area (Å²) < 4.78 is 0. The minimum Gasteiger partial charge on any atom is -0.375 e. The molecule has 3 N–H and O–H groups in total. The third kappa shape index (κ3) is 2.32. The maximum absolute atomic E-state index is 5.26. The Bertz CT molecular complexity index is 545. The van der Waals surface area contributed by atoms with E-state index < -0.39 is 0 Å². The van der Waals surface area contributed by atoms with Crippen LogP contribution in [0.25, 0.3) is 10.9 Å². The fourth-order valence-electron chi connectivity index (χ4n) is 1.40. The number of pyridine rings is 1. The van der Waals surface area contributed by atoms with Crippen LogP contribution < -0.4 is 11.2 Å². The molecule has 0 amide bonds. The molecule has 2 rings (SSSR count). The summed E-state index contributed by atoms with van der Waals surface area (Å²) in [6.07, 6.45) is 3.41. The van der Waals surface area contributed by atoms with Crippen LogP contribution in [-0.4, -0.2) is 16.3 Å². The van der Waals surface area contributed by atoms with Gasteiger partial charge in [0, 0.05) is 17.1 Å². The van der Waals surface area contributed by atoms with E-state index in [2.05, 4.69) is 27.7 Å². The van der Waals surface area contributed by atoms with E-state index in [1.165, 1.54) is 0 Å². The van der Waals surface area contributed by atoms with Crippen molar-refractivity contribution in [2.75, 3.05) is 0 Å². The zero-order valence-electron chi connectivity index (χ0n) is 8.42. The van der Waals surface area contributed by atoms with E-state index in [4.69, 9.17) is 5.73 Å². The van der Waals surface area contributed by atoms with Crippen LogP contribution in [0.1, 0.15) is 5.56 Å². The number of fused-ring (bicyclic) bond motifs is 1. The highest BCUT2D eigenvalue weighted by molar-refractivity contribution is 7.80. The van der Waals surface area contributed by atoms with Crippen LogP contribution in [0.15, 0.2) is 41.6 Å². The summed E-state index contributed by atoms with van der Waals surface area (Å²) in [6, 6.07) is 9.73. The van der Waals surface area contributed by atoms with Crippen LogP contribution in [-0.2, 0) is 0 Å². The van der Waals surface area contributed by atoms with Gasteiger partial charge in [0.1, 0.15) is 0 Å². The Morgan fingerprint density at radius 3 is 3.00 bits per heavy atom. The number of benzene rings is 1. The summed E-state index contributed by atoms with van der Waals surface area (Å²) in [5, 5.41) is 5.11. The van der Waals surface area contributed by atoms with E-state index in [1.54, 1.807) is 12.4 Å². The van der Waals surface area contributed by atoms with E-state index in [9.17, 15) is 0 Å². The second-order valence-electron chi connectivity index (χ2n) is 3.15. The second-order valence-corrected chi connectivity index (χ2v) is 3.59. The Kier molecular flexibility index (Phi) is 3.07. The van der Waals surface area contributed by atoms with Gasteiger partial charge in [-0.05, 0) is 24.4 Å². The smallest absolute Gasteiger partial charge is 0.184 e. The molecule has 1 aromatic heterocycles. The highest BCUT2D eigenvalue weighted by atomic mass is 32.1. The fraction of sp³-hybridized carbons (Fsp3) is 0. The maximum atomic E-state index is 5.26. The van der Waals surface area contributed by atoms with Gasteiger partial charge in [-0.15, -0.1) is 0 Å². The first kappa shape index (κ1) is 10.5. The second kappa shape index (κ2) is 4.67. The van der Waals surface area contributed by atoms with Crippen molar-refractivity contribution in [2.45, 2.75) is 0 Å². The minimum atomic E-state index is 0.148. The van der Waals surface area contributed by atoms with E-state index in [-0.39, 0.29) is 5.11 Å². The number of thiocarbonyl (C=S) groups is 1. The minimum absolute atomic E-state index is 0.148. The highest BCUT2D eigenvalue weighted by Crippen LogP contribution is 2.13. The molecule has 0 atom stereocenters. The fourth-order valence-corrected chi connectivity index (χ4v) is 1.45. The Hall–Kier alpha value is -2.01. The van der Waals surface area contributed by atoms with Crippen molar-refractivity contribution < 1.29 is 0 Å². The predicted molar refractivity (Wildman–Crippen MR) is 69.3 cm³/mol. The maximum Gasteiger partial charge on any atom is 0.184 e. The third-order valence-electron chi connectivity index (χ3n) is 2.06. The summed E-state index contributed by atoms with van der Waals surface area (Å²) in [5.41, 5.74) is 9.68. The molecule has 0 aliphatic carbocycles. The first-order valence-electron chi connectivity index (χ1n) is 4.69. The molecule has 16 heavy (non-hydrogen) atoms. The monoisotopic (exact) mass is 230 g/mol. The quantitative estimate of drug-likeness (QED) is 0.465. The van der Waals surface area contributed by atoms with Gasteiger partial charge in [-0.25, -0.2) is 0 Å². The Labute approximate surface area is 98.2 Å². The van der Waals surface area contributed by atoms with Crippen LogP contribution in [0.4, 0.5) is 0 Å². The van der Waals surface area contributed by atoms with Gasteiger partial charge in [0.05, 0.1) is 11.7 Å². The Morgan fingerprint density at radius 2 is 2.19 bits per heavy atom. The van der Waals surface area contributed by atoms with Crippen molar-refractivity contribution >= 4 is 34.4 Å². The number of rotatable bonds is 2. The van der Waals surface area contributed by atoms with E-state index in [0.717, 1.165) is 16.5 Å². The van der Waals surface area contributed by atoms with Gasteiger partial charge in [-0.2, -0.15) is 5.10 Å². The van der Waals surface area contributed by atoms with Crippen LogP contribution in [0.2, 0.25) is 0 Å². The van der Waals surface area contributed by atoms with Crippen molar-refractivity contribution in [1.29, 1.82) is 0 Å². The van der Waals surface area contributed by atoms with Crippen molar-refractivity contribution in [3.8, 4) is 0 Å². The number of hydrazone groups is 1. The van der Waals surface area contributed by atoms with Gasteiger partial charge in [0.15, 0.2) is 5.11 Å². The van der Waals surface area contributed by atoms with Crippen LogP contribution in [0.5, 0.6) is 0 Å². The molecular formula is C11H10N4S. The number of nitrogens with one attached hydrogen (secondary N) is 1. The standard InChI is InChI=1S/C11H10N4S/c12-11(16)15-14-7-8-5-6-13-10-4-2-1-3-9(8)10/h1-7H,(H3,12,15,16). The SMILES string of the molecule is NC(=S)NN=Cc1ccnc2ccccc12. The van der Waals surface area contributed by atoms with E-state index in [1.807, 2.05) is 30.3 Å². The number of hydrogen-bond acceptors (Lipinski definition) is 3. The number of nitrogens with two attached hydrogens (primary N) is 1. The molecule has 0 saturated carbocycles. The van der Waals surface area contributed by atoms with Gasteiger partial charge in [-0.1, -0.05) is 18.2 Å². The zero-order valence-corrected chi connectivity index (χ0v) is 9.24. The normalized spacial score (nSPS) is 10.8. The first-order valence-corrected chi connectivity index (χ1v) is 5.10. The predicted octanol–water partition coefficient (Wildman–Crippen LogP) is 1.40. The van der Waals surface area contributed by atoms with Crippen LogP contribution in [0.3, 0.4) is 0 Å². The number of para-hydroxylation sites is 1. The summed E-state index contributed by atoms with van der Waals surface area (Å²) in [6.45, 7) is 0. The molecule has 0 bridgehead atoms. The summed E-state index contributed by atoms with van der Waals surface area (Å²) in [4.78, 5) is 4.25. The van der Waals surface area contributed by atoms with Crippen LogP contribution in [0, 0.1) is 0 Å². The van der Waals surface area contributed by atoms with Crippen LogP contribution >= 0.6 is 12.2 Å². The van der Waals surface area contributed by atoms with E-state index >= 15 is 0 Å². The molecule has 0 fully saturated rings. The lowest BCUT2D eigenvalue weighted by atomic mass is 10.1. The van der Waals surface area contributed by atoms with Crippen molar-refractivity contribution in [2.24, 2.45) is 10.8 Å². The van der Waals surface area contributed by atoms with Gasteiger partial charge < -0.3 is 5.73 Å². The van der Waals surface area contributed by atoms with E-state index in [0.29, 0.717) is 0 Å². The number of nitrogens with zero attached hydrogens (tertiary/aromatic N) is 2. The van der Waals surface area contributed by atoms with Crippen molar-refractivity contribution in [1.82, 2.24) is 10.4 Å². The molecule has 0 aliphatic heterocycles. The Morgan fingerprint density at radius 1 is 1.38 bits per heavy atom. The largest absolute Gasteiger partial charge is 0.375 e. The average molecular weight is 230 g/mol. The Balaban J connectivity index is 2.37. The average Bonchev–Trinajstić information content (AvgIpc) is 2.29. The van der Waals surface area contributed by atoms with Gasteiger partial charge in [0.2, 0.25) is 0 Å². The topological polar surface area (TPSA) is 63.3 Å². The molecule has 1 aromatic carbocycles. The zero-order chi connectivity index (χ0) is 11.4. The molecule has 0 saturated heterocycles. The molecular weight excluding hydrogens is 220 g/mol.